The minimum absolute atomic E-state index is 0.704. The van der Waals surface area contributed by atoms with Crippen LogP contribution < -0.4 is 0 Å². The molecule has 0 radical (unpaired) electrons. The summed E-state index contributed by atoms with van der Waals surface area (Å²) in [5.74, 6) is 2.50. The number of rotatable bonds is 5. The summed E-state index contributed by atoms with van der Waals surface area (Å²) in [4.78, 5) is 10.6. The van der Waals surface area contributed by atoms with Crippen LogP contribution in [0.15, 0.2) is 36.4 Å². The van der Waals surface area contributed by atoms with Crippen molar-refractivity contribution in [3.63, 3.8) is 0 Å². The molecule has 25 heavy (non-hydrogen) atoms. The molecule has 0 heterocycles. The maximum absolute atomic E-state index is 10.6. The fraction of sp³-hybridized carbons (Fsp3) is 0.609. The summed E-state index contributed by atoms with van der Waals surface area (Å²) < 4.78 is 0. The molecule has 0 aliphatic heterocycles. The summed E-state index contributed by atoms with van der Waals surface area (Å²) in [5, 5.41) is 8.69. The largest absolute Gasteiger partial charge is 0.478 e. The van der Waals surface area contributed by atoms with Crippen LogP contribution in [0.1, 0.15) is 74.8 Å². The Morgan fingerprint density at radius 1 is 0.960 bits per heavy atom. The number of carboxylic acid groups (broad SMARTS) is 1. The predicted octanol–water partition coefficient (Wildman–Crippen LogP) is 6.11. The Hall–Kier alpha value is -1.57. The van der Waals surface area contributed by atoms with E-state index in [0.717, 1.165) is 24.2 Å². The highest BCUT2D eigenvalue weighted by molar-refractivity contribution is 5.79. The summed E-state index contributed by atoms with van der Waals surface area (Å²) >= 11 is 0. The third-order valence-corrected chi connectivity index (χ3v) is 6.61. The van der Waals surface area contributed by atoms with E-state index in [1.807, 2.05) is 6.08 Å². The second-order valence-corrected chi connectivity index (χ2v) is 8.28. The summed E-state index contributed by atoms with van der Waals surface area (Å²) in [5.41, 5.74) is 2.89. The second-order valence-electron chi connectivity index (χ2n) is 8.28. The van der Waals surface area contributed by atoms with Gasteiger partial charge in [0.15, 0.2) is 0 Å². The van der Waals surface area contributed by atoms with Crippen LogP contribution in [0.5, 0.6) is 0 Å². The zero-order chi connectivity index (χ0) is 17.6. The number of aryl methyl sites for hydroxylation is 1. The normalized spacial score (nSPS) is 30.4. The smallest absolute Gasteiger partial charge is 0.327 e. The molecule has 1 N–H and O–H groups in total. The fourth-order valence-corrected chi connectivity index (χ4v) is 5.02. The van der Waals surface area contributed by atoms with Crippen LogP contribution in [-0.2, 0) is 4.79 Å². The van der Waals surface area contributed by atoms with Crippen LogP contribution >= 0.6 is 0 Å². The minimum Gasteiger partial charge on any atom is -0.478 e. The number of carboxylic acids is 1. The van der Waals surface area contributed by atoms with Gasteiger partial charge in [-0.2, -0.15) is 0 Å². The van der Waals surface area contributed by atoms with E-state index >= 15 is 0 Å². The van der Waals surface area contributed by atoms with Gasteiger partial charge in [0.25, 0.3) is 0 Å². The maximum Gasteiger partial charge on any atom is 0.327 e. The average Bonchev–Trinajstić information content (AvgIpc) is 2.63. The lowest BCUT2D eigenvalue weighted by atomic mass is 9.68. The van der Waals surface area contributed by atoms with E-state index in [1.54, 1.807) is 0 Å². The van der Waals surface area contributed by atoms with Gasteiger partial charge in [-0.15, -0.1) is 0 Å². The fourth-order valence-electron chi connectivity index (χ4n) is 5.02. The lowest BCUT2D eigenvalue weighted by Crippen LogP contribution is -2.25. The molecule has 2 fully saturated rings. The average molecular weight is 341 g/mol. The minimum atomic E-state index is -0.820. The van der Waals surface area contributed by atoms with Gasteiger partial charge in [0.1, 0.15) is 0 Å². The van der Waals surface area contributed by atoms with Gasteiger partial charge < -0.3 is 5.11 Å². The van der Waals surface area contributed by atoms with Crippen LogP contribution in [-0.4, -0.2) is 11.1 Å². The quantitative estimate of drug-likeness (QED) is 0.657. The van der Waals surface area contributed by atoms with E-state index < -0.39 is 5.97 Å². The first-order valence-corrected chi connectivity index (χ1v) is 10.1. The lowest BCUT2D eigenvalue weighted by molar-refractivity contribution is -0.131. The summed E-state index contributed by atoms with van der Waals surface area (Å²) in [6.07, 6.45) is 14.9. The van der Waals surface area contributed by atoms with E-state index in [0.29, 0.717) is 5.92 Å². The number of hydrogen-bond donors (Lipinski definition) is 1. The molecule has 2 nitrogen and oxygen atoms in total. The number of aliphatic carboxylic acids is 1. The Morgan fingerprint density at radius 3 is 2.08 bits per heavy atom. The van der Waals surface area contributed by atoms with Crippen LogP contribution in [0.2, 0.25) is 0 Å². The molecule has 0 unspecified atom stereocenters. The molecule has 0 atom stereocenters. The van der Waals surface area contributed by atoms with Crippen LogP contribution in [0.4, 0.5) is 0 Å². The summed E-state index contributed by atoms with van der Waals surface area (Å²) in [6, 6.07) is 9.16. The Kier molecular flexibility index (Phi) is 6.34. The van der Waals surface area contributed by atoms with Gasteiger partial charge in [-0.1, -0.05) is 35.9 Å². The van der Waals surface area contributed by atoms with Gasteiger partial charge in [-0.25, -0.2) is 4.79 Å². The maximum atomic E-state index is 10.6. The number of benzene rings is 1. The molecule has 0 saturated heterocycles. The SMILES string of the molecule is Cc1ccc([C@H]2CC[C@H]([C@H]3CC[C@H](C/C=C/C(=O)O)CC3)CC2)cc1. The van der Waals surface area contributed by atoms with Crippen molar-refractivity contribution in [3.8, 4) is 0 Å². The van der Waals surface area contributed by atoms with Crippen molar-refractivity contribution in [1.29, 1.82) is 0 Å². The topological polar surface area (TPSA) is 37.3 Å². The highest BCUT2D eigenvalue weighted by atomic mass is 16.4. The molecule has 136 valence electrons. The van der Waals surface area contributed by atoms with Gasteiger partial charge in [0.05, 0.1) is 0 Å². The zero-order valence-electron chi connectivity index (χ0n) is 15.5. The Labute approximate surface area is 152 Å². The van der Waals surface area contributed by atoms with E-state index in [4.69, 9.17) is 5.11 Å². The van der Waals surface area contributed by atoms with Crippen molar-refractivity contribution in [3.05, 3.63) is 47.5 Å². The predicted molar refractivity (Wildman–Crippen MR) is 103 cm³/mol. The molecular formula is C23H32O2. The van der Waals surface area contributed by atoms with Gasteiger partial charge in [0, 0.05) is 6.08 Å². The number of hydrogen-bond acceptors (Lipinski definition) is 1. The van der Waals surface area contributed by atoms with Crippen molar-refractivity contribution in [2.75, 3.05) is 0 Å². The Bertz CT molecular complexity index is 571. The lowest BCUT2D eigenvalue weighted by Gasteiger charge is -2.38. The van der Waals surface area contributed by atoms with E-state index in [1.165, 1.54) is 68.6 Å². The number of allylic oxidation sites excluding steroid dienone is 1. The molecule has 2 aliphatic rings. The van der Waals surface area contributed by atoms with E-state index in [-0.39, 0.29) is 0 Å². The summed E-state index contributed by atoms with van der Waals surface area (Å²) in [7, 11) is 0. The van der Waals surface area contributed by atoms with Crippen molar-refractivity contribution in [2.45, 2.75) is 70.6 Å². The van der Waals surface area contributed by atoms with Gasteiger partial charge in [-0.05, 0) is 93.9 Å². The van der Waals surface area contributed by atoms with Gasteiger partial charge in [-0.3, -0.25) is 0 Å². The molecule has 3 rings (SSSR count). The zero-order valence-corrected chi connectivity index (χ0v) is 15.5. The van der Waals surface area contributed by atoms with Crippen molar-refractivity contribution in [2.24, 2.45) is 17.8 Å². The third-order valence-electron chi connectivity index (χ3n) is 6.61. The molecule has 2 aliphatic carbocycles. The highest BCUT2D eigenvalue weighted by Gasteiger charge is 2.30. The highest BCUT2D eigenvalue weighted by Crippen LogP contribution is 2.44. The standard InChI is InChI=1S/C23H32O2/c1-17-5-9-19(10-6-17)21-13-15-22(16-14-21)20-11-7-18(8-12-20)3-2-4-23(24)25/h2,4-6,9-10,18,20-22H,3,7-8,11-16H2,1H3,(H,24,25)/b4-2+/t18-,20-,21-,22-. The molecule has 0 aromatic heterocycles. The monoisotopic (exact) mass is 340 g/mol. The molecule has 2 heteroatoms. The first kappa shape index (κ1) is 18.2. The first-order chi connectivity index (χ1) is 12.1. The second kappa shape index (κ2) is 8.69. The Morgan fingerprint density at radius 2 is 1.52 bits per heavy atom. The Balaban J connectivity index is 1.42. The van der Waals surface area contributed by atoms with Crippen molar-refractivity contribution < 1.29 is 9.90 Å². The van der Waals surface area contributed by atoms with Gasteiger partial charge in [0.2, 0.25) is 0 Å². The van der Waals surface area contributed by atoms with Crippen molar-refractivity contribution >= 4 is 5.97 Å². The summed E-state index contributed by atoms with van der Waals surface area (Å²) in [6.45, 7) is 2.16. The van der Waals surface area contributed by atoms with E-state index in [2.05, 4.69) is 31.2 Å². The molecule has 0 bridgehead atoms. The van der Waals surface area contributed by atoms with Crippen LogP contribution in [0.25, 0.3) is 0 Å². The molecule has 1 aromatic carbocycles. The molecular weight excluding hydrogens is 308 g/mol. The van der Waals surface area contributed by atoms with E-state index in [9.17, 15) is 4.79 Å². The van der Waals surface area contributed by atoms with Crippen LogP contribution in [0, 0.1) is 24.7 Å². The number of carbonyl (C=O) groups is 1. The van der Waals surface area contributed by atoms with Crippen molar-refractivity contribution in [1.82, 2.24) is 0 Å². The molecule has 0 amide bonds. The third kappa shape index (κ3) is 5.20. The molecule has 1 aromatic rings. The van der Waals surface area contributed by atoms with Crippen LogP contribution in [0.3, 0.4) is 0 Å². The first-order valence-electron chi connectivity index (χ1n) is 10.1. The molecule has 2 saturated carbocycles. The molecule has 0 spiro atoms. The van der Waals surface area contributed by atoms with Gasteiger partial charge >= 0.3 is 5.97 Å².